The summed E-state index contributed by atoms with van der Waals surface area (Å²) < 4.78 is 1.71. The fourth-order valence-corrected chi connectivity index (χ4v) is 2.00. The van der Waals surface area contributed by atoms with Crippen LogP contribution in [0.3, 0.4) is 0 Å². The van der Waals surface area contributed by atoms with Crippen LogP contribution >= 0.6 is 0 Å². The summed E-state index contributed by atoms with van der Waals surface area (Å²) in [4.78, 5) is 16.7. The van der Waals surface area contributed by atoms with Gasteiger partial charge in [-0.2, -0.15) is 5.10 Å². The van der Waals surface area contributed by atoms with E-state index in [1.54, 1.807) is 10.7 Å². The van der Waals surface area contributed by atoms with Gasteiger partial charge in [-0.05, 0) is 31.5 Å². The normalized spacial score (nSPS) is 10.4. The average Bonchev–Trinajstić information content (AvgIpc) is 2.90. The van der Waals surface area contributed by atoms with Gasteiger partial charge in [-0.15, -0.1) is 0 Å². The van der Waals surface area contributed by atoms with Crippen molar-refractivity contribution in [3.05, 3.63) is 41.3 Å². The molecule has 2 heterocycles. The van der Waals surface area contributed by atoms with E-state index >= 15 is 0 Å². The Morgan fingerprint density at radius 1 is 1.29 bits per heavy atom. The number of aryl methyl sites for hydroxylation is 2. The van der Waals surface area contributed by atoms with Crippen LogP contribution < -0.4 is 10.6 Å². The van der Waals surface area contributed by atoms with Gasteiger partial charge in [0.1, 0.15) is 5.82 Å². The van der Waals surface area contributed by atoms with Crippen molar-refractivity contribution in [2.75, 3.05) is 11.9 Å². The average molecular weight is 287 g/mol. The summed E-state index contributed by atoms with van der Waals surface area (Å²) in [6.45, 7) is 5.21. The number of pyridine rings is 1. The predicted octanol–water partition coefficient (Wildman–Crippen LogP) is 1.74. The minimum absolute atomic E-state index is 0.114. The molecule has 21 heavy (non-hydrogen) atoms. The zero-order valence-electron chi connectivity index (χ0n) is 12.7. The number of carbonyl (C=O) groups excluding carboxylic acids is 1. The summed E-state index contributed by atoms with van der Waals surface area (Å²) in [5.74, 6) is 0.622. The van der Waals surface area contributed by atoms with Crippen molar-refractivity contribution >= 4 is 11.7 Å². The Bertz CT molecular complexity index is 620. The molecule has 0 atom stereocenters. The fraction of sp³-hybridized carbons (Fsp3) is 0.400. The lowest BCUT2D eigenvalue weighted by atomic mass is 10.2. The third kappa shape index (κ3) is 4.05. The Morgan fingerprint density at radius 3 is 2.71 bits per heavy atom. The van der Waals surface area contributed by atoms with Crippen LogP contribution in [-0.4, -0.2) is 27.2 Å². The van der Waals surface area contributed by atoms with Crippen LogP contribution in [0.5, 0.6) is 0 Å². The van der Waals surface area contributed by atoms with Gasteiger partial charge in [0.05, 0.1) is 12.2 Å². The highest BCUT2D eigenvalue weighted by atomic mass is 16.1. The molecule has 6 heteroatoms. The van der Waals surface area contributed by atoms with Gasteiger partial charge >= 0.3 is 0 Å². The number of nitrogens with zero attached hydrogens (tertiary/aromatic N) is 3. The number of hydrogen-bond acceptors (Lipinski definition) is 4. The van der Waals surface area contributed by atoms with E-state index in [1.807, 2.05) is 39.2 Å². The maximum absolute atomic E-state index is 12.2. The first-order chi connectivity index (χ1) is 10.1. The third-order valence-electron chi connectivity index (χ3n) is 3.06. The number of carbonyl (C=O) groups is 1. The fourth-order valence-electron chi connectivity index (χ4n) is 2.00. The first kappa shape index (κ1) is 15.0. The smallest absolute Gasteiger partial charge is 0.251 e. The Morgan fingerprint density at radius 2 is 2.10 bits per heavy atom. The van der Waals surface area contributed by atoms with Gasteiger partial charge in [-0.1, -0.05) is 6.92 Å². The number of amides is 1. The molecule has 6 nitrogen and oxygen atoms in total. The first-order valence-corrected chi connectivity index (χ1v) is 7.14. The van der Waals surface area contributed by atoms with Gasteiger partial charge in [0, 0.05) is 31.0 Å². The summed E-state index contributed by atoms with van der Waals surface area (Å²) in [5.41, 5.74) is 2.35. The topological polar surface area (TPSA) is 71.8 Å². The molecule has 0 bridgehead atoms. The molecule has 0 saturated heterocycles. The Hall–Kier alpha value is -2.37. The Kier molecular flexibility index (Phi) is 4.92. The minimum Gasteiger partial charge on any atom is -0.370 e. The van der Waals surface area contributed by atoms with Crippen LogP contribution in [0, 0.1) is 0 Å². The first-order valence-electron chi connectivity index (χ1n) is 7.14. The molecule has 0 fully saturated rings. The number of rotatable bonds is 6. The summed E-state index contributed by atoms with van der Waals surface area (Å²) in [7, 11) is 1.85. The van der Waals surface area contributed by atoms with Crippen LogP contribution in [0.15, 0.2) is 24.4 Å². The minimum atomic E-state index is -0.114. The number of anilines is 1. The summed E-state index contributed by atoms with van der Waals surface area (Å²) in [6.07, 6.45) is 2.64. The highest BCUT2D eigenvalue weighted by molar-refractivity contribution is 5.94. The van der Waals surface area contributed by atoms with E-state index in [9.17, 15) is 4.79 Å². The van der Waals surface area contributed by atoms with Gasteiger partial charge < -0.3 is 10.6 Å². The molecule has 2 rings (SSSR count). The molecular weight excluding hydrogens is 266 g/mol. The maximum Gasteiger partial charge on any atom is 0.251 e. The summed E-state index contributed by atoms with van der Waals surface area (Å²) in [6, 6.07) is 5.49. The van der Waals surface area contributed by atoms with Gasteiger partial charge in [0.25, 0.3) is 5.91 Å². The van der Waals surface area contributed by atoms with Crippen molar-refractivity contribution in [1.29, 1.82) is 0 Å². The summed E-state index contributed by atoms with van der Waals surface area (Å²) >= 11 is 0. The van der Waals surface area contributed by atoms with Crippen molar-refractivity contribution in [1.82, 2.24) is 20.1 Å². The van der Waals surface area contributed by atoms with E-state index in [1.165, 1.54) is 0 Å². The lowest BCUT2D eigenvalue weighted by Crippen LogP contribution is -2.23. The Balaban J connectivity index is 2.08. The zero-order valence-corrected chi connectivity index (χ0v) is 12.7. The molecule has 0 aromatic carbocycles. The lowest BCUT2D eigenvalue weighted by Gasteiger charge is -2.09. The molecule has 1 amide bonds. The molecule has 2 aromatic rings. The highest BCUT2D eigenvalue weighted by Crippen LogP contribution is 2.11. The van der Waals surface area contributed by atoms with Gasteiger partial charge in [-0.25, -0.2) is 4.98 Å². The molecule has 2 aromatic heterocycles. The second-order valence-electron chi connectivity index (χ2n) is 4.78. The number of nitrogens with one attached hydrogen (secondary N) is 2. The third-order valence-corrected chi connectivity index (χ3v) is 3.06. The van der Waals surface area contributed by atoms with E-state index in [4.69, 9.17) is 0 Å². The molecule has 0 spiro atoms. The second kappa shape index (κ2) is 6.88. The molecule has 0 aliphatic heterocycles. The lowest BCUT2D eigenvalue weighted by molar-refractivity contribution is 0.0950. The Labute approximate surface area is 124 Å². The highest BCUT2D eigenvalue weighted by Gasteiger charge is 2.09. The standard InChI is InChI=1S/C15H21N5O/c1-4-12-8-11(9-14(18-12)16-5-2)15(21)17-10-13-6-7-20(3)19-13/h6-9H,4-5,10H2,1-3H3,(H,16,18)(H,17,21). The van der Waals surface area contributed by atoms with Crippen molar-refractivity contribution in [3.8, 4) is 0 Å². The van der Waals surface area contributed by atoms with Crippen LogP contribution in [0.1, 0.15) is 35.6 Å². The van der Waals surface area contributed by atoms with E-state index in [2.05, 4.69) is 20.7 Å². The molecule has 2 N–H and O–H groups in total. The van der Waals surface area contributed by atoms with Crippen molar-refractivity contribution in [2.24, 2.45) is 7.05 Å². The van der Waals surface area contributed by atoms with E-state index in [-0.39, 0.29) is 5.91 Å². The largest absolute Gasteiger partial charge is 0.370 e. The van der Waals surface area contributed by atoms with E-state index in [0.717, 1.165) is 30.2 Å². The molecule has 0 saturated carbocycles. The quantitative estimate of drug-likeness (QED) is 0.849. The van der Waals surface area contributed by atoms with E-state index < -0.39 is 0 Å². The van der Waals surface area contributed by atoms with Gasteiger partial charge in [0.2, 0.25) is 0 Å². The predicted molar refractivity (Wildman–Crippen MR) is 82.2 cm³/mol. The number of hydrogen-bond donors (Lipinski definition) is 2. The molecule has 0 unspecified atom stereocenters. The van der Waals surface area contributed by atoms with Crippen molar-refractivity contribution < 1.29 is 4.79 Å². The molecular formula is C15H21N5O. The SMILES string of the molecule is CCNc1cc(C(=O)NCc2ccn(C)n2)cc(CC)n1. The second-order valence-corrected chi connectivity index (χ2v) is 4.78. The molecule has 0 aliphatic carbocycles. The van der Waals surface area contributed by atoms with Crippen LogP contribution in [-0.2, 0) is 20.0 Å². The summed E-state index contributed by atoms with van der Waals surface area (Å²) in [5, 5.41) is 10.3. The van der Waals surface area contributed by atoms with Crippen molar-refractivity contribution in [3.63, 3.8) is 0 Å². The van der Waals surface area contributed by atoms with Crippen LogP contribution in [0.4, 0.5) is 5.82 Å². The van der Waals surface area contributed by atoms with Crippen LogP contribution in [0.25, 0.3) is 0 Å². The van der Waals surface area contributed by atoms with E-state index in [0.29, 0.717) is 12.1 Å². The molecule has 0 aliphatic rings. The monoisotopic (exact) mass is 287 g/mol. The van der Waals surface area contributed by atoms with Crippen molar-refractivity contribution in [2.45, 2.75) is 26.8 Å². The zero-order chi connectivity index (χ0) is 15.2. The molecule has 112 valence electrons. The van der Waals surface area contributed by atoms with Crippen LogP contribution in [0.2, 0.25) is 0 Å². The van der Waals surface area contributed by atoms with Gasteiger partial charge in [-0.3, -0.25) is 9.48 Å². The molecule has 0 radical (unpaired) electrons. The van der Waals surface area contributed by atoms with Gasteiger partial charge in [0.15, 0.2) is 0 Å². The maximum atomic E-state index is 12.2. The number of aromatic nitrogens is 3.